The van der Waals surface area contributed by atoms with Crippen LogP contribution < -0.4 is 5.32 Å². The van der Waals surface area contributed by atoms with E-state index in [2.05, 4.69) is 23.9 Å². The van der Waals surface area contributed by atoms with Gasteiger partial charge in [-0.15, -0.1) is 23.5 Å². The molecule has 0 spiro atoms. The molecule has 0 saturated carbocycles. The summed E-state index contributed by atoms with van der Waals surface area (Å²) >= 11 is 9.75. The predicted octanol–water partition coefficient (Wildman–Crippen LogP) is 3.44. The summed E-state index contributed by atoms with van der Waals surface area (Å²) in [4.78, 5) is 2.39. The zero-order valence-electron chi connectivity index (χ0n) is 9.96. The average molecular weight is 290 g/mol. The van der Waals surface area contributed by atoms with Crippen LogP contribution in [0.15, 0.2) is 21.9 Å². The van der Waals surface area contributed by atoms with Gasteiger partial charge in [0.1, 0.15) is 0 Å². The Balaban J connectivity index is 2.31. The number of rotatable bonds is 3. The van der Waals surface area contributed by atoms with Gasteiger partial charge in [0.2, 0.25) is 0 Å². The summed E-state index contributed by atoms with van der Waals surface area (Å²) in [6.45, 7) is 2.56. The first-order valence-corrected chi connectivity index (χ1v) is 8.32. The van der Waals surface area contributed by atoms with Gasteiger partial charge >= 0.3 is 0 Å². The lowest BCUT2D eigenvalue weighted by Crippen LogP contribution is -2.33. The number of hydrogen-bond acceptors (Lipinski definition) is 4. The Kier molecular flexibility index (Phi) is 5.06. The molecule has 1 saturated heterocycles. The van der Waals surface area contributed by atoms with Crippen molar-refractivity contribution in [1.82, 2.24) is 5.32 Å². The van der Waals surface area contributed by atoms with Gasteiger partial charge in [-0.2, -0.15) is 0 Å². The highest BCUT2D eigenvalue weighted by Crippen LogP contribution is 2.37. The second-order valence-corrected chi connectivity index (χ2v) is 5.87. The fourth-order valence-electron chi connectivity index (χ4n) is 1.90. The SMILES string of the molecule is CSc1cc(C2CNCCO2)cc(Cl)c1SC. The maximum Gasteiger partial charge on any atom is 0.0950 e. The van der Waals surface area contributed by atoms with E-state index in [1.54, 1.807) is 23.5 Å². The third kappa shape index (κ3) is 3.12. The molecule has 1 fully saturated rings. The van der Waals surface area contributed by atoms with Crippen LogP contribution in [0.2, 0.25) is 5.02 Å². The molecule has 1 aromatic carbocycles. The van der Waals surface area contributed by atoms with E-state index in [-0.39, 0.29) is 6.10 Å². The zero-order valence-corrected chi connectivity index (χ0v) is 12.3. The van der Waals surface area contributed by atoms with Crippen LogP contribution in [0, 0.1) is 0 Å². The standard InChI is InChI=1S/C12H16ClNOS2/c1-16-11-6-8(5-9(13)12(11)17-2)10-7-14-3-4-15-10/h5-6,10,14H,3-4,7H2,1-2H3. The fourth-order valence-corrected chi connectivity index (χ4v) is 3.98. The molecule has 2 nitrogen and oxygen atoms in total. The number of benzene rings is 1. The summed E-state index contributed by atoms with van der Waals surface area (Å²) in [6.07, 6.45) is 4.26. The van der Waals surface area contributed by atoms with Crippen LogP contribution >= 0.6 is 35.1 Å². The first-order chi connectivity index (χ1) is 8.26. The molecule has 1 aliphatic rings. The van der Waals surface area contributed by atoms with Gasteiger partial charge in [0.15, 0.2) is 0 Å². The first-order valence-electron chi connectivity index (χ1n) is 5.50. The molecule has 5 heteroatoms. The van der Waals surface area contributed by atoms with Crippen molar-refractivity contribution in [2.45, 2.75) is 15.9 Å². The molecule has 1 aromatic rings. The van der Waals surface area contributed by atoms with Crippen molar-refractivity contribution in [3.05, 3.63) is 22.7 Å². The summed E-state index contributed by atoms with van der Waals surface area (Å²) in [5, 5.41) is 4.17. The van der Waals surface area contributed by atoms with Gasteiger partial charge in [0.05, 0.1) is 17.7 Å². The van der Waals surface area contributed by atoms with Crippen molar-refractivity contribution < 1.29 is 4.74 Å². The Morgan fingerprint density at radius 3 is 2.76 bits per heavy atom. The molecule has 17 heavy (non-hydrogen) atoms. The van der Waals surface area contributed by atoms with Crippen LogP contribution in [0.1, 0.15) is 11.7 Å². The summed E-state index contributed by atoms with van der Waals surface area (Å²) in [7, 11) is 0. The topological polar surface area (TPSA) is 21.3 Å². The lowest BCUT2D eigenvalue weighted by atomic mass is 10.1. The third-order valence-electron chi connectivity index (χ3n) is 2.76. The van der Waals surface area contributed by atoms with Crippen molar-refractivity contribution in [3.8, 4) is 0 Å². The van der Waals surface area contributed by atoms with Gasteiger partial charge in [-0.1, -0.05) is 11.6 Å². The molecule has 1 aliphatic heterocycles. The molecule has 1 N–H and O–H groups in total. The maximum absolute atomic E-state index is 6.32. The Bertz CT molecular complexity index is 394. The molecule has 0 aliphatic carbocycles. The van der Waals surface area contributed by atoms with Crippen molar-refractivity contribution in [2.24, 2.45) is 0 Å². The Labute approximate surface area is 116 Å². The van der Waals surface area contributed by atoms with Gasteiger partial charge in [0.25, 0.3) is 0 Å². The normalized spacial score (nSPS) is 20.5. The van der Waals surface area contributed by atoms with E-state index in [9.17, 15) is 0 Å². The highest BCUT2D eigenvalue weighted by atomic mass is 35.5. The summed E-state index contributed by atoms with van der Waals surface area (Å²) in [5.74, 6) is 0. The van der Waals surface area contributed by atoms with E-state index in [1.165, 1.54) is 10.5 Å². The first kappa shape index (κ1) is 13.6. The van der Waals surface area contributed by atoms with Gasteiger partial charge in [-0.25, -0.2) is 0 Å². The summed E-state index contributed by atoms with van der Waals surface area (Å²) in [5.41, 5.74) is 1.17. The van der Waals surface area contributed by atoms with E-state index in [0.717, 1.165) is 29.6 Å². The summed E-state index contributed by atoms with van der Waals surface area (Å²) in [6, 6.07) is 4.23. The van der Waals surface area contributed by atoms with Crippen LogP contribution in [-0.2, 0) is 4.74 Å². The van der Waals surface area contributed by atoms with Crippen molar-refractivity contribution in [2.75, 3.05) is 32.2 Å². The van der Waals surface area contributed by atoms with Crippen LogP contribution in [0.4, 0.5) is 0 Å². The van der Waals surface area contributed by atoms with Crippen LogP contribution in [-0.4, -0.2) is 32.2 Å². The van der Waals surface area contributed by atoms with Crippen molar-refractivity contribution in [1.29, 1.82) is 0 Å². The number of nitrogens with one attached hydrogen (secondary N) is 1. The third-order valence-corrected chi connectivity index (χ3v) is 4.90. The minimum atomic E-state index is 0.128. The van der Waals surface area contributed by atoms with Crippen molar-refractivity contribution in [3.63, 3.8) is 0 Å². The van der Waals surface area contributed by atoms with E-state index in [0.29, 0.717) is 0 Å². The number of morpholine rings is 1. The molecule has 2 rings (SSSR count). The van der Waals surface area contributed by atoms with E-state index < -0.39 is 0 Å². The molecular formula is C12H16ClNOS2. The Morgan fingerprint density at radius 2 is 2.18 bits per heavy atom. The van der Waals surface area contributed by atoms with Gasteiger partial charge in [-0.05, 0) is 30.2 Å². The van der Waals surface area contributed by atoms with Gasteiger partial charge in [-0.3, -0.25) is 0 Å². The quantitative estimate of drug-likeness (QED) is 0.860. The minimum Gasteiger partial charge on any atom is -0.371 e. The van der Waals surface area contributed by atoms with E-state index in [1.807, 2.05) is 6.07 Å². The van der Waals surface area contributed by atoms with Gasteiger partial charge < -0.3 is 10.1 Å². The molecule has 0 amide bonds. The largest absolute Gasteiger partial charge is 0.371 e. The zero-order chi connectivity index (χ0) is 12.3. The fraction of sp³-hybridized carbons (Fsp3) is 0.500. The van der Waals surface area contributed by atoms with Gasteiger partial charge in [0, 0.05) is 22.9 Å². The molecule has 1 atom stereocenters. The highest BCUT2D eigenvalue weighted by Gasteiger charge is 2.18. The second-order valence-electron chi connectivity index (χ2n) is 3.80. The van der Waals surface area contributed by atoms with E-state index in [4.69, 9.17) is 16.3 Å². The molecule has 1 unspecified atom stereocenters. The minimum absolute atomic E-state index is 0.128. The highest BCUT2D eigenvalue weighted by molar-refractivity contribution is 8.01. The average Bonchev–Trinajstić information content (AvgIpc) is 2.38. The number of hydrogen-bond donors (Lipinski definition) is 1. The number of halogens is 1. The maximum atomic E-state index is 6.32. The number of thioether (sulfide) groups is 2. The van der Waals surface area contributed by atoms with Crippen LogP contribution in [0.25, 0.3) is 0 Å². The van der Waals surface area contributed by atoms with Crippen LogP contribution in [0.3, 0.4) is 0 Å². The Hall–Kier alpha value is 0.130. The van der Waals surface area contributed by atoms with E-state index >= 15 is 0 Å². The lowest BCUT2D eigenvalue weighted by molar-refractivity contribution is 0.0275. The van der Waals surface area contributed by atoms with Crippen LogP contribution in [0.5, 0.6) is 0 Å². The summed E-state index contributed by atoms with van der Waals surface area (Å²) < 4.78 is 5.75. The molecular weight excluding hydrogens is 274 g/mol. The molecule has 0 aromatic heterocycles. The lowest BCUT2D eigenvalue weighted by Gasteiger charge is -2.25. The Morgan fingerprint density at radius 1 is 1.35 bits per heavy atom. The van der Waals surface area contributed by atoms with Crippen molar-refractivity contribution >= 4 is 35.1 Å². The molecule has 0 radical (unpaired) electrons. The predicted molar refractivity (Wildman–Crippen MR) is 76.6 cm³/mol. The molecule has 94 valence electrons. The number of ether oxygens (including phenoxy) is 1. The monoisotopic (exact) mass is 289 g/mol. The second kappa shape index (κ2) is 6.34. The molecule has 0 bridgehead atoms. The molecule has 1 heterocycles. The smallest absolute Gasteiger partial charge is 0.0950 e.